The Morgan fingerprint density at radius 3 is 2.89 bits per heavy atom. The zero-order valence-corrected chi connectivity index (χ0v) is 4.91. The molecular weight excluding hydrogens is 118 g/mol. The van der Waals surface area contributed by atoms with E-state index >= 15 is 0 Å². The number of nitrogens with zero attached hydrogens (tertiary/aromatic N) is 1. The van der Waals surface area contributed by atoms with Gasteiger partial charge in [0.2, 0.25) is 6.41 Å². The molecule has 3 nitrogen and oxygen atoms in total. The third kappa shape index (κ3) is 1.38. The summed E-state index contributed by atoms with van der Waals surface area (Å²) in [5, 5.41) is 0. The van der Waals surface area contributed by atoms with Gasteiger partial charge in [-0.1, -0.05) is 0 Å². The fourth-order valence-corrected chi connectivity index (χ4v) is 0.664. The van der Waals surface area contributed by atoms with E-state index in [-0.39, 0.29) is 5.78 Å². The maximum absolute atomic E-state index is 10.5. The Balaban J connectivity index is 2.57. The number of amides is 1. The lowest BCUT2D eigenvalue weighted by Crippen LogP contribution is -2.22. The predicted molar refractivity (Wildman–Crippen MR) is 31.5 cm³/mol. The van der Waals surface area contributed by atoms with Gasteiger partial charge >= 0.3 is 0 Å². The summed E-state index contributed by atoms with van der Waals surface area (Å²) in [6.07, 6.45) is 4.08. The number of hydrogen-bond acceptors (Lipinski definition) is 2. The molecule has 3 heteroatoms. The number of carbonyl (C=O) groups excluding carboxylic acids is 2. The molecule has 48 valence electrons. The molecule has 9 heavy (non-hydrogen) atoms. The average Bonchev–Trinajstić information content (AvgIpc) is 1.90. The van der Waals surface area contributed by atoms with Crippen molar-refractivity contribution in [1.29, 1.82) is 0 Å². The van der Waals surface area contributed by atoms with Crippen LogP contribution in [0, 0.1) is 0 Å². The predicted octanol–water partition coefficient (Wildman–Crippen LogP) is -0.0687. The standard InChI is InChI=1S/C6H7NO2/c8-5-7-3-1-6(9)2-4-7/h1,3,5H,2,4H2. The first-order chi connectivity index (χ1) is 4.33. The van der Waals surface area contributed by atoms with Gasteiger partial charge in [-0.15, -0.1) is 0 Å². The maximum atomic E-state index is 10.5. The molecule has 1 heterocycles. The molecule has 0 saturated heterocycles. The van der Waals surface area contributed by atoms with Crippen LogP contribution in [-0.4, -0.2) is 23.6 Å². The number of hydrogen-bond donors (Lipinski definition) is 0. The molecule has 0 radical (unpaired) electrons. The maximum Gasteiger partial charge on any atom is 0.213 e. The van der Waals surface area contributed by atoms with Gasteiger partial charge in [0.25, 0.3) is 0 Å². The van der Waals surface area contributed by atoms with Crippen LogP contribution in [0.5, 0.6) is 0 Å². The van der Waals surface area contributed by atoms with Gasteiger partial charge in [0.15, 0.2) is 5.78 Å². The van der Waals surface area contributed by atoms with Gasteiger partial charge < -0.3 is 4.90 Å². The van der Waals surface area contributed by atoms with Gasteiger partial charge in [0.1, 0.15) is 0 Å². The molecule has 1 amide bonds. The van der Waals surface area contributed by atoms with Crippen LogP contribution in [0.4, 0.5) is 0 Å². The lowest BCUT2D eigenvalue weighted by molar-refractivity contribution is -0.118. The summed E-state index contributed by atoms with van der Waals surface area (Å²) < 4.78 is 0. The molecule has 1 aliphatic rings. The lowest BCUT2D eigenvalue weighted by Gasteiger charge is -2.13. The second-order valence-electron chi connectivity index (χ2n) is 1.88. The fourth-order valence-electron chi connectivity index (χ4n) is 0.664. The lowest BCUT2D eigenvalue weighted by atomic mass is 10.2. The van der Waals surface area contributed by atoms with Crippen LogP contribution < -0.4 is 0 Å². The molecule has 0 atom stereocenters. The average molecular weight is 125 g/mol. The summed E-state index contributed by atoms with van der Waals surface area (Å²) >= 11 is 0. The van der Waals surface area contributed by atoms with Crippen molar-refractivity contribution in [1.82, 2.24) is 4.90 Å². The van der Waals surface area contributed by atoms with E-state index in [4.69, 9.17) is 0 Å². The first-order valence-corrected chi connectivity index (χ1v) is 2.75. The van der Waals surface area contributed by atoms with E-state index in [9.17, 15) is 9.59 Å². The Hall–Kier alpha value is -1.12. The van der Waals surface area contributed by atoms with Crippen LogP contribution in [0.15, 0.2) is 12.3 Å². The number of rotatable bonds is 1. The van der Waals surface area contributed by atoms with Gasteiger partial charge in [-0.25, -0.2) is 0 Å². The highest BCUT2D eigenvalue weighted by molar-refractivity contribution is 5.90. The van der Waals surface area contributed by atoms with Gasteiger partial charge in [0, 0.05) is 19.2 Å². The molecule has 0 aromatic rings. The molecule has 0 aromatic carbocycles. The van der Waals surface area contributed by atoms with Crippen LogP contribution in [0.25, 0.3) is 0 Å². The zero-order chi connectivity index (χ0) is 6.69. The second kappa shape index (κ2) is 2.44. The third-order valence-electron chi connectivity index (χ3n) is 1.20. The van der Waals surface area contributed by atoms with Crippen molar-refractivity contribution >= 4 is 12.2 Å². The molecule has 0 saturated carbocycles. The van der Waals surface area contributed by atoms with Crippen LogP contribution in [0.3, 0.4) is 0 Å². The van der Waals surface area contributed by atoms with E-state index in [1.54, 1.807) is 0 Å². The molecule has 0 aliphatic carbocycles. The van der Waals surface area contributed by atoms with Crippen molar-refractivity contribution in [3.8, 4) is 0 Å². The highest BCUT2D eigenvalue weighted by Crippen LogP contribution is 1.98. The highest BCUT2D eigenvalue weighted by Gasteiger charge is 2.06. The van der Waals surface area contributed by atoms with Gasteiger partial charge in [-0.2, -0.15) is 0 Å². The first-order valence-electron chi connectivity index (χ1n) is 2.75. The monoisotopic (exact) mass is 125 g/mol. The Kier molecular flexibility index (Phi) is 1.63. The van der Waals surface area contributed by atoms with Crippen molar-refractivity contribution in [3.05, 3.63) is 12.3 Å². The summed E-state index contributed by atoms with van der Waals surface area (Å²) in [4.78, 5) is 22.0. The second-order valence-corrected chi connectivity index (χ2v) is 1.88. The van der Waals surface area contributed by atoms with E-state index in [0.717, 1.165) is 0 Å². The number of ketones is 1. The SMILES string of the molecule is O=CN1C=CC(=O)CC1. The number of carbonyl (C=O) groups is 2. The van der Waals surface area contributed by atoms with Crippen LogP contribution in [0.2, 0.25) is 0 Å². The summed E-state index contributed by atoms with van der Waals surface area (Å²) in [5.41, 5.74) is 0. The minimum Gasteiger partial charge on any atom is -0.321 e. The fraction of sp³-hybridized carbons (Fsp3) is 0.333. The van der Waals surface area contributed by atoms with E-state index in [1.807, 2.05) is 0 Å². The largest absolute Gasteiger partial charge is 0.321 e. The molecule has 0 aromatic heterocycles. The minimum absolute atomic E-state index is 0.0908. The Morgan fingerprint density at radius 2 is 2.44 bits per heavy atom. The number of allylic oxidation sites excluding steroid dienone is 1. The van der Waals surface area contributed by atoms with Gasteiger partial charge in [0.05, 0.1) is 0 Å². The minimum atomic E-state index is 0.0908. The smallest absolute Gasteiger partial charge is 0.213 e. The summed E-state index contributed by atoms with van der Waals surface area (Å²) in [5.74, 6) is 0.0908. The zero-order valence-electron chi connectivity index (χ0n) is 4.91. The highest BCUT2D eigenvalue weighted by atomic mass is 16.1. The van der Waals surface area contributed by atoms with E-state index < -0.39 is 0 Å². The van der Waals surface area contributed by atoms with Crippen molar-refractivity contribution in [2.45, 2.75) is 6.42 Å². The first kappa shape index (κ1) is 6.01. The topological polar surface area (TPSA) is 37.4 Å². The molecule has 0 N–H and O–H groups in total. The Labute approximate surface area is 53.0 Å². The van der Waals surface area contributed by atoms with E-state index in [2.05, 4.69) is 0 Å². The molecule has 0 spiro atoms. The molecule has 1 aliphatic heterocycles. The molecular formula is C6H7NO2. The van der Waals surface area contributed by atoms with Crippen molar-refractivity contribution in [2.75, 3.05) is 6.54 Å². The molecule has 0 unspecified atom stereocenters. The molecule has 0 fully saturated rings. The third-order valence-corrected chi connectivity index (χ3v) is 1.20. The quantitative estimate of drug-likeness (QED) is 0.460. The summed E-state index contributed by atoms with van der Waals surface area (Å²) in [6.45, 7) is 0.527. The molecule has 1 rings (SSSR count). The van der Waals surface area contributed by atoms with Crippen LogP contribution >= 0.6 is 0 Å². The van der Waals surface area contributed by atoms with Crippen molar-refractivity contribution < 1.29 is 9.59 Å². The summed E-state index contributed by atoms with van der Waals surface area (Å²) in [7, 11) is 0. The summed E-state index contributed by atoms with van der Waals surface area (Å²) in [6, 6.07) is 0. The van der Waals surface area contributed by atoms with Crippen LogP contribution in [0.1, 0.15) is 6.42 Å². The Bertz CT molecular complexity index is 162. The van der Waals surface area contributed by atoms with Crippen molar-refractivity contribution in [2.24, 2.45) is 0 Å². The van der Waals surface area contributed by atoms with Gasteiger partial charge in [-0.05, 0) is 6.08 Å². The Morgan fingerprint density at radius 1 is 1.67 bits per heavy atom. The normalized spacial score (nSPS) is 18.2. The molecule has 0 bridgehead atoms. The van der Waals surface area contributed by atoms with Crippen LogP contribution in [-0.2, 0) is 9.59 Å². The van der Waals surface area contributed by atoms with Crippen molar-refractivity contribution in [3.63, 3.8) is 0 Å². The van der Waals surface area contributed by atoms with E-state index in [0.29, 0.717) is 19.4 Å². The van der Waals surface area contributed by atoms with E-state index in [1.165, 1.54) is 17.2 Å². The van der Waals surface area contributed by atoms with Gasteiger partial charge in [-0.3, -0.25) is 9.59 Å².